The minimum Gasteiger partial charge on any atom is -0.495 e. The number of nitrogens with one attached hydrogen (secondary N) is 1. The van der Waals surface area contributed by atoms with Crippen LogP contribution in [0.2, 0.25) is 15.1 Å². The van der Waals surface area contributed by atoms with E-state index < -0.39 is 28.5 Å². The Morgan fingerprint density at radius 2 is 1.50 bits per heavy atom. The van der Waals surface area contributed by atoms with Gasteiger partial charge in [-0.05, 0) is 60.4 Å². The lowest BCUT2D eigenvalue weighted by Gasteiger charge is -2.33. The van der Waals surface area contributed by atoms with Crippen LogP contribution in [-0.2, 0) is 26.2 Å². The molecule has 3 aromatic carbocycles. The Labute approximate surface area is 285 Å². The maximum absolute atomic E-state index is 14.4. The van der Waals surface area contributed by atoms with E-state index in [0.29, 0.717) is 22.9 Å². The first-order valence-corrected chi connectivity index (χ1v) is 16.9. The molecule has 0 aromatic heterocycles. The molecule has 46 heavy (non-hydrogen) atoms. The summed E-state index contributed by atoms with van der Waals surface area (Å²) in [5.41, 5.74) is 0.609. The molecular weight excluding hydrogens is 677 g/mol. The van der Waals surface area contributed by atoms with Crippen molar-refractivity contribution in [2.24, 2.45) is 5.92 Å². The third kappa shape index (κ3) is 8.90. The van der Waals surface area contributed by atoms with Crippen molar-refractivity contribution in [1.82, 2.24) is 10.2 Å². The Morgan fingerprint density at radius 1 is 0.848 bits per heavy atom. The normalized spacial score (nSPS) is 12.0. The van der Waals surface area contributed by atoms with Gasteiger partial charge in [-0.15, -0.1) is 0 Å². The van der Waals surface area contributed by atoms with Crippen LogP contribution in [0.3, 0.4) is 0 Å². The molecule has 0 saturated heterocycles. The van der Waals surface area contributed by atoms with Crippen LogP contribution in [-0.4, -0.2) is 65.6 Å². The topological polar surface area (TPSA) is 114 Å². The highest BCUT2D eigenvalue weighted by molar-refractivity contribution is 7.92. The molecule has 0 unspecified atom stereocenters. The molecule has 0 aliphatic heterocycles. The summed E-state index contributed by atoms with van der Waals surface area (Å²) in [7, 11) is -0.294. The van der Waals surface area contributed by atoms with Gasteiger partial charge in [-0.25, -0.2) is 8.42 Å². The number of sulfonamides is 1. The first-order chi connectivity index (χ1) is 21.8. The summed E-state index contributed by atoms with van der Waals surface area (Å²) in [6, 6.07) is 12.4. The molecule has 1 N–H and O–H groups in total. The molecule has 0 saturated carbocycles. The van der Waals surface area contributed by atoms with Gasteiger partial charge >= 0.3 is 0 Å². The zero-order chi connectivity index (χ0) is 34.2. The average Bonchev–Trinajstić information content (AvgIpc) is 3.03. The number of halogens is 3. The third-order valence-electron chi connectivity index (χ3n) is 7.04. The summed E-state index contributed by atoms with van der Waals surface area (Å²) < 4.78 is 45.8. The van der Waals surface area contributed by atoms with Crippen LogP contribution in [0.25, 0.3) is 0 Å². The summed E-state index contributed by atoms with van der Waals surface area (Å²) >= 11 is 18.7. The number of carbonyl (C=O) groups is 2. The zero-order valence-electron chi connectivity index (χ0n) is 26.5. The Kier molecular flexibility index (Phi) is 13.3. The molecule has 3 aromatic rings. The number of nitrogens with zero attached hydrogens (tertiary/aromatic N) is 2. The third-order valence-corrected chi connectivity index (χ3v) is 9.77. The molecule has 1 atom stereocenters. The van der Waals surface area contributed by atoms with E-state index in [4.69, 9.17) is 49.0 Å². The standard InChI is InChI=1S/C32H38Cl3N3O7S/c1-7-26(32(40)36-17-20(2)3)37(18-21-8-11-24(34)25(35)14-21)31(39)19-38(27-15-22(33)9-12-28(27)43-4)46(41,42)23-10-13-29(44-5)30(16-23)45-6/h8-16,20,26H,7,17-19H2,1-6H3,(H,36,40)/t26-/m0/s1. The predicted molar refractivity (Wildman–Crippen MR) is 181 cm³/mol. The second kappa shape index (κ2) is 16.4. The minimum atomic E-state index is -4.48. The monoisotopic (exact) mass is 713 g/mol. The summed E-state index contributed by atoms with van der Waals surface area (Å²) in [4.78, 5) is 29.0. The maximum Gasteiger partial charge on any atom is 0.265 e. The number of hydrogen-bond donors (Lipinski definition) is 1. The number of rotatable bonds is 15. The lowest BCUT2D eigenvalue weighted by Crippen LogP contribution is -2.52. The number of carbonyl (C=O) groups excluding carboxylic acids is 2. The molecule has 0 aliphatic rings. The SMILES string of the molecule is CC[C@@H](C(=O)NCC(C)C)N(Cc1ccc(Cl)c(Cl)c1)C(=O)CN(c1cc(Cl)ccc1OC)S(=O)(=O)c1ccc(OC)c(OC)c1. The van der Waals surface area contributed by atoms with Gasteiger partial charge in [-0.1, -0.05) is 61.6 Å². The molecule has 0 aliphatic carbocycles. The molecule has 0 bridgehead atoms. The van der Waals surface area contributed by atoms with E-state index in [0.717, 1.165) is 4.31 Å². The molecule has 2 amide bonds. The van der Waals surface area contributed by atoms with Crippen molar-refractivity contribution in [1.29, 1.82) is 0 Å². The van der Waals surface area contributed by atoms with Crippen LogP contribution in [0.5, 0.6) is 17.2 Å². The van der Waals surface area contributed by atoms with Crippen molar-refractivity contribution >= 4 is 62.3 Å². The maximum atomic E-state index is 14.4. The summed E-state index contributed by atoms with van der Waals surface area (Å²) in [6.45, 7) is 5.31. The molecule has 14 heteroatoms. The minimum absolute atomic E-state index is 0.0185. The van der Waals surface area contributed by atoms with Gasteiger partial charge in [0.1, 0.15) is 18.3 Å². The van der Waals surface area contributed by atoms with Crippen molar-refractivity contribution in [2.45, 2.75) is 44.7 Å². The van der Waals surface area contributed by atoms with Crippen LogP contribution < -0.4 is 23.8 Å². The lowest BCUT2D eigenvalue weighted by molar-refractivity contribution is -0.140. The van der Waals surface area contributed by atoms with Crippen LogP contribution in [0.15, 0.2) is 59.5 Å². The fraction of sp³-hybridized carbons (Fsp3) is 0.375. The van der Waals surface area contributed by atoms with Crippen molar-refractivity contribution in [2.75, 3.05) is 38.7 Å². The number of amides is 2. The second-order valence-electron chi connectivity index (χ2n) is 10.7. The number of benzene rings is 3. The number of anilines is 1. The Hall–Kier alpha value is -3.38. The van der Waals surface area contributed by atoms with Crippen molar-refractivity contribution < 1.29 is 32.2 Å². The molecule has 0 radical (unpaired) electrons. The highest BCUT2D eigenvalue weighted by Gasteiger charge is 2.35. The Bertz CT molecular complexity index is 1650. The van der Waals surface area contributed by atoms with Crippen LogP contribution >= 0.6 is 34.8 Å². The van der Waals surface area contributed by atoms with Gasteiger partial charge < -0.3 is 24.4 Å². The van der Waals surface area contributed by atoms with E-state index in [1.54, 1.807) is 25.1 Å². The van der Waals surface area contributed by atoms with E-state index in [2.05, 4.69) is 5.32 Å². The fourth-order valence-corrected chi connectivity index (χ4v) is 6.57. The van der Waals surface area contributed by atoms with Crippen LogP contribution in [0.1, 0.15) is 32.8 Å². The summed E-state index contributed by atoms with van der Waals surface area (Å²) in [5, 5.41) is 3.69. The van der Waals surface area contributed by atoms with Gasteiger partial charge in [0.05, 0.1) is 42.0 Å². The van der Waals surface area contributed by atoms with Gasteiger partial charge in [-0.3, -0.25) is 13.9 Å². The first kappa shape index (κ1) is 37.1. The molecule has 0 spiro atoms. The van der Waals surface area contributed by atoms with Gasteiger partial charge in [0, 0.05) is 24.2 Å². The Morgan fingerprint density at radius 3 is 2.09 bits per heavy atom. The second-order valence-corrected chi connectivity index (χ2v) is 13.8. The molecule has 250 valence electrons. The number of hydrogen-bond acceptors (Lipinski definition) is 7. The summed E-state index contributed by atoms with van der Waals surface area (Å²) in [6.07, 6.45) is 0.250. The van der Waals surface area contributed by atoms with Gasteiger partial charge in [0.25, 0.3) is 10.0 Å². The largest absolute Gasteiger partial charge is 0.495 e. The highest BCUT2D eigenvalue weighted by Crippen LogP contribution is 2.37. The smallest absolute Gasteiger partial charge is 0.265 e. The number of ether oxygens (including phenoxy) is 3. The lowest BCUT2D eigenvalue weighted by atomic mass is 10.1. The molecular formula is C32H38Cl3N3O7S. The van der Waals surface area contributed by atoms with Crippen LogP contribution in [0.4, 0.5) is 5.69 Å². The van der Waals surface area contributed by atoms with Crippen LogP contribution in [0, 0.1) is 5.92 Å². The summed E-state index contributed by atoms with van der Waals surface area (Å²) in [5.74, 6) is -0.238. The molecule has 0 heterocycles. The fourth-order valence-electron chi connectivity index (χ4n) is 4.65. The van der Waals surface area contributed by atoms with E-state index in [9.17, 15) is 18.0 Å². The van der Waals surface area contributed by atoms with E-state index in [1.165, 1.54) is 62.6 Å². The first-order valence-electron chi connectivity index (χ1n) is 14.4. The van der Waals surface area contributed by atoms with Gasteiger partial charge in [-0.2, -0.15) is 0 Å². The molecule has 0 fully saturated rings. The van der Waals surface area contributed by atoms with Gasteiger partial charge in [0.2, 0.25) is 11.8 Å². The quantitative estimate of drug-likeness (QED) is 0.193. The number of methoxy groups -OCH3 is 3. The van der Waals surface area contributed by atoms with E-state index in [1.807, 2.05) is 13.8 Å². The van der Waals surface area contributed by atoms with Gasteiger partial charge in [0.15, 0.2) is 11.5 Å². The van der Waals surface area contributed by atoms with E-state index >= 15 is 0 Å². The van der Waals surface area contributed by atoms with Crippen molar-refractivity contribution in [3.05, 3.63) is 75.2 Å². The van der Waals surface area contributed by atoms with Crippen molar-refractivity contribution in [3.63, 3.8) is 0 Å². The molecule has 3 rings (SSSR count). The van der Waals surface area contributed by atoms with Crippen molar-refractivity contribution in [3.8, 4) is 17.2 Å². The predicted octanol–water partition coefficient (Wildman–Crippen LogP) is 6.45. The van der Waals surface area contributed by atoms with E-state index in [-0.39, 0.29) is 56.9 Å². The zero-order valence-corrected chi connectivity index (χ0v) is 29.6. The average molecular weight is 715 g/mol. The Balaban J connectivity index is 2.18. The highest BCUT2D eigenvalue weighted by atomic mass is 35.5. The molecule has 10 nitrogen and oxygen atoms in total.